The van der Waals surface area contributed by atoms with Crippen LogP contribution in [0.25, 0.3) is 0 Å². The third-order valence-electron chi connectivity index (χ3n) is 1.81. The van der Waals surface area contributed by atoms with E-state index in [1.54, 1.807) is 7.05 Å². The molecule has 2 amide bonds. The highest BCUT2D eigenvalue weighted by Crippen LogP contribution is 2.07. The van der Waals surface area contributed by atoms with Gasteiger partial charge in [-0.05, 0) is 6.92 Å². The second kappa shape index (κ2) is 3.73. The molecular formula is C7H14N2O3. The Bertz CT molecular complexity index is 174. The summed E-state index contributed by atoms with van der Waals surface area (Å²) >= 11 is 0. The summed E-state index contributed by atoms with van der Waals surface area (Å²) in [4.78, 5) is 17.8. The average molecular weight is 174 g/mol. The fourth-order valence-electron chi connectivity index (χ4n) is 0.932. The number of hydrogen-bond acceptors (Lipinski definition) is 3. The first kappa shape index (κ1) is 9.28. The van der Waals surface area contributed by atoms with E-state index in [-0.39, 0.29) is 19.2 Å². The summed E-state index contributed by atoms with van der Waals surface area (Å²) in [6.07, 6.45) is -0.542. The van der Waals surface area contributed by atoms with Crippen molar-refractivity contribution in [1.29, 1.82) is 0 Å². The minimum atomic E-state index is -0.542. The fourth-order valence-corrected chi connectivity index (χ4v) is 0.932. The Morgan fingerprint density at radius 2 is 2.50 bits per heavy atom. The van der Waals surface area contributed by atoms with Crippen molar-refractivity contribution in [3.05, 3.63) is 0 Å². The van der Waals surface area contributed by atoms with Crippen molar-refractivity contribution in [3.63, 3.8) is 0 Å². The molecule has 0 aromatic carbocycles. The molecule has 1 saturated heterocycles. The van der Waals surface area contributed by atoms with Crippen LogP contribution in [0.1, 0.15) is 6.92 Å². The van der Waals surface area contributed by atoms with Crippen LogP contribution < -0.4 is 0 Å². The predicted molar refractivity (Wildman–Crippen MR) is 42.4 cm³/mol. The van der Waals surface area contributed by atoms with E-state index in [4.69, 9.17) is 9.94 Å². The Kier molecular flexibility index (Phi) is 2.88. The van der Waals surface area contributed by atoms with Crippen LogP contribution in [0, 0.1) is 0 Å². The van der Waals surface area contributed by atoms with E-state index in [1.165, 1.54) is 9.96 Å². The number of rotatable bonds is 1. The lowest BCUT2D eigenvalue weighted by atomic mass is 10.4. The monoisotopic (exact) mass is 174 g/mol. The fraction of sp³-hybridized carbons (Fsp3) is 0.857. The maximum Gasteiger partial charge on any atom is 0.343 e. The van der Waals surface area contributed by atoms with Crippen LogP contribution in [0.3, 0.4) is 0 Å². The van der Waals surface area contributed by atoms with Crippen LogP contribution in [0.2, 0.25) is 0 Å². The minimum Gasteiger partial charge on any atom is -0.389 e. The van der Waals surface area contributed by atoms with Crippen molar-refractivity contribution in [2.75, 3.05) is 26.7 Å². The number of nitrogens with zero attached hydrogens (tertiary/aromatic N) is 2. The van der Waals surface area contributed by atoms with Gasteiger partial charge in [0.15, 0.2) is 0 Å². The van der Waals surface area contributed by atoms with E-state index in [2.05, 4.69) is 0 Å². The molecule has 1 rings (SSSR count). The minimum absolute atomic E-state index is 0.200. The van der Waals surface area contributed by atoms with Crippen molar-refractivity contribution in [3.8, 4) is 0 Å². The topological polar surface area (TPSA) is 53.0 Å². The molecule has 0 radical (unpaired) electrons. The maximum atomic E-state index is 11.3. The van der Waals surface area contributed by atoms with E-state index >= 15 is 0 Å². The Morgan fingerprint density at radius 1 is 1.83 bits per heavy atom. The van der Waals surface area contributed by atoms with E-state index in [1.807, 2.05) is 6.92 Å². The second-order valence-corrected chi connectivity index (χ2v) is 2.81. The number of hydrogen-bond donors (Lipinski definition) is 1. The molecule has 5 heteroatoms. The smallest absolute Gasteiger partial charge is 0.343 e. The number of carbonyl (C=O) groups is 1. The molecule has 0 aliphatic carbocycles. The molecule has 1 heterocycles. The Balaban J connectivity index is 2.43. The zero-order chi connectivity index (χ0) is 9.14. The number of carbonyl (C=O) groups excluding carboxylic acids is 1. The standard InChI is InChI=1S/C7H14N2O3/c1-3-8(2)7(11)9-4-6(10)5-12-9/h6,10H,3-5H2,1-2H3. The van der Waals surface area contributed by atoms with E-state index in [0.717, 1.165) is 0 Å². The Morgan fingerprint density at radius 3 is 2.92 bits per heavy atom. The molecule has 1 fully saturated rings. The van der Waals surface area contributed by atoms with Gasteiger partial charge in [0.05, 0.1) is 6.54 Å². The highest BCUT2D eigenvalue weighted by atomic mass is 16.7. The van der Waals surface area contributed by atoms with E-state index in [0.29, 0.717) is 6.54 Å². The third-order valence-corrected chi connectivity index (χ3v) is 1.81. The van der Waals surface area contributed by atoms with Gasteiger partial charge in [-0.25, -0.2) is 9.86 Å². The predicted octanol–water partition coefficient (Wildman–Crippen LogP) is -0.334. The SMILES string of the molecule is CCN(C)C(=O)N1CC(O)CO1. The summed E-state index contributed by atoms with van der Waals surface area (Å²) < 4.78 is 0. The van der Waals surface area contributed by atoms with Gasteiger partial charge in [0, 0.05) is 13.6 Å². The second-order valence-electron chi connectivity index (χ2n) is 2.81. The van der Waals surface area contributed by atoms with Crippen molar-refractivity contribution >= 4 is 6.03 Å². The summed E-state index contributed by atoms with van der Waals surface area (Å²) in [7, 11) is 1.69. The average Bonchev–Trinajstić information content (AvgIpc) is 2.49. The molecule has 0 aromatic rings. The Hall–Kier alpha value is -0.810. The van der Waals surface area contributed by atoms with Crippen LogP contribution in [0.4, 0.5) is 4.79 Å². The molecule has 1 aliphatic heterocycles. The number of aliphatic hydroxyl groups excluding tert-OH is 1. The van der Waals surface area contributed by atoms with Gasteiger partial charge in [0.2, 0.25) is 0 Å². The highest BCUT2D eigenvalue weighted by molar-refractivity contribution is 5.73. The summed E-state index contributed by atoms with van der Waals surface area (Å²) in [5.74, 6) is 0. The molecule has 0 saturated carbocycles. The van der Waals surface area contributed by atoms with Crippen LogP contribution in [0.5, 0.6) is 0 Å². The summed E-state index contributed by atoms with van der Waals surface area (Å²) in [6, 6.07) is -0.200. The molecule has 1 aliphatic rings. The Labute approximate surface area is 71.5 Å². The molecular weight excluding hydrogens is 160 g/mol. The van der Waals surface area contributed by atoms with E-state index < -0.39 is 6.10 Å². The van der Waals surface area contributed by atoms with Crippen molar-refractivity contribution in [2.45, 2.75) is 13.0 Å². The lowest BCUT2D eigenvalue weighted by Crippen LogP contribution is -2.39. The third kappa shape index (κ3) is 1.86. The quantitative estimate of drug-likeness (QED) is 0.592. The summed E-state index contributed by atoms with van der Waals surface area (Å²) in [6.45, 7) is 2.99. The van der Waals surface area contributed by atoms with Gasteiger partial charge in [-0.1, -0.05) is 0 Å². The lowest BCUT2D eigenvalue weighted by molar-refractivity contribution is -0.0764. The normalized spacial score (nSPS) is 22.9. The highest BCUT2D eigenvalue weighted by Gasteiger charge is 2.27. The van der Waals surface area contributed by atoms with Gasteiger partial charge in [-0.15, -0.1) is 0 Å². The molecule has 1 atom stereocenters. The molecule has 70 valence electrons. The van der Waals surface area contributed by atoms with Gasteiger partial charge in [-0.2, -0.15) is 0 Å². The van der Waals surface area contributed by atoms with Crippen molar-refractivity contribution in [2.24, 2.45) is 0 Å². The molecule has 5 nitrogen and oxygen atoms in total. The molecule has 0 spiro atoms. The summed E-state index contributed by atoms with van der Waals surface area (Å²) in [5, 5.41) is 10.3. The van der Waals surface area contributed by atoms with Gasteiger partial charge in [0.1, 0.15) is 12.7 Å². The summed E-state index contributed by atoms with van der Waals surface area (Å²) in [5.41, 5.74) is 0. The maximum absolute atomic E-state index is 11.3. The largest absolute Gasteiger partial charge is 0.389 e. The van der Waals surface area contributed by atoms with Crippen LogP contribution >= 0.6 is 0 Å². The van der Waals surface area contributed by atoms with Crippen molar-refractivity contribution < 1.29 is 14.7 Å². The lowest BCUT2D eigenvalue weighted by Gasteiger charge is -2.21. The van der Waals surface area contributed by atoms with Crippen LogP contribution in [0.15, 0.2) is 0 Å². The molecule has 1 N–H and O–H groups in total. The first-order valence-corrected chi connectivity index (χ1v) is 3.98. The van der Waals surface area contributed by atoms with Crippen LogP contribution in [-0.2, 0) is 4.84 Å². The van der Waals surface area contributed by atoms with Crippen molar-refractivity contribution in [1.82, 2.24) is 9.96 Å². The first-order chi connectivity index (χ1) is 5.65. The number of urea groups is 1. The van der Waals surface area contributed by atoms with E-state index in [9.17, 15) is 4.79 Å². The van der Waals surface area contributed by atoms with Gasteiger partial charge in [-0.3, -0.25) is 4.84 Å². The number of β-amino-alcohol motifs (C(OH)–C–C–N with tert-alkyl or cyclic N) is 1. The number of hydroxylamine groups is 2. The van der Waals surface area contributed by atoms with Gasteiger partial charge < -0.3 is 10.0 Å². The van der Waals surface area contributed by atoms with Gasteiger partial charge in [0.25, 0.3) is 0 Å². The molecule has 1 unspecified atom stereocenters. The number of amides is 2. The molecule has 0 aromatic heterocycles. The van der Waals surface area contributed by atoms with Crippen LogP contribution in [-0.4, -0.2) is 53.9 Å². The first-order valence-electron chi connectivity index (χ1n) is 3.98. The zero-order valence-electron chi connectivity index (χ0n) is 7.36. The zero-order valence-corrected chi connectivity index (χ0v) is 7.36. The molecule has 12 heavy (non-hydrogen) atoms. The van der Waals surface area contributed by atoms with Gasteiger partial charge >= 0.3 is 6.03 Å². The number of aliphatic hydroxyl groups is 1. The molecule has 0 bridgehead atoms.